The number of alkyl halides is 1. The Morgan fingerprint density at radius 2 is 2.00 bits per heavy atom. The number of hydrogen-bond acceptors (Lipinski definition) is 1. The van der Waals surface area contributed by atoms with E-state index in [1.54, 1.807) is 6.07 Å². The number of aromatic nitrogens is 3. The summed E-state index contributed by atoms with van der Waals surface area (Å²) >= 11 is 5.80. The summed E-state index contributed by atoms with van der Waals surface area (Å²) in [6.45, 7) is 0. The fourth-order valence-electron chi connectivity index (χ4n) is 2.63. The first-order valence-corrected chi connectivity index (χ1v) is 7.09. The van der Waals surface area contributed by atoms with Crippen LogP contribution in [0.2, 0.25) is 0 Å². The van der Waals surface area contributed by atoms with Crippen LogP contribution in [0.3, 0.4) is 0 Å². The fraction of sp³-hybridized carbons (Fsp3) is 0.0625. The molecule has 2 aromatic carbocycles. The van der Waals surface area contributed by atoms with Gasteiger partial charge in [-0.3, -0.25) is 0 Å². The van der Waals surface area contributed by atoms with E-state index in [1.165, 1.54) is 12.1 Å². The normalized spacial score (nSPS) is 11.5. The summed E-state index contributed by atoms with van der Waals surface area (Å²) in [7, 11) is 0. The van der Waals surface area contributed by atoms with Crippen molar-refractivity contribution in [2.45, 2.75) is 5.88 Å². The van der Waals surface area contributed by atoms with E-state index in [2.05, 4.69) is 15.0 Å². The number of aromatic amines is 2. The largest absolute Gasteiger partial charge is 0.360 e. The number of halogens is 2. The van der Waals surface area contributed by atoms with Gasteiger partial charge in [-0.15, -0.1) is 11.6 Å². The number of imidazole rings is 1. The van der Waals surface area contributed by atoms with Crippen molar-refractivity contribution >= 4 is 33.5 Å². The Balaban J connectivity index is 1.91. The second-order valence-electron chi connectivity index (χ2n) is 4.94. The molecular formula is C16H11ClFN3. The van der Waals surface area contributed by atoms with Crippen LogP contribution in [-0.4, -0.2) is 15.0 Å². The first-order chi connectivity index (χ1) is 10.2. The summed E-state index contributed by atoms with van der Waals surface area (Å²) in [6.07, 6.45) is 1.89. The molecule has 104 valence electrons. The van der Waals surface area contributed by atoms with Crippen LogP contribution in [0.4, 0.5) is 4.39 Å². The van der Waals surface area contributed by atoms with Crippen LogP contribution in [0.15, 0.2) is 42.6 Å². The first kappa shape index (κ1) is 12.4. The van der Waals surface area contributed by atoms with Gasteiger partial charge in [-0.25, -0.2) is 9.37 Å². The van der Waals surface area contributed by atoms with E-state index >= 15 is 0 Å². The third kappa shape index (κ3) is 1.99. The van der Waals surface area contributed by atoms with E-state index in [-0.39, 0.29) is 5.82 Å². The first-order valence-electron chi connectivity index (χ1n) is 6.56. The number of rotatable bonds is 2. The highest BCUT2D eigenvalue weighted by molar-refractivity contribution is 6.16. The highest BCUT2D eigenvalue weighted by Crippen LogP contribution is 2.30. The Bertz CT molecular complexity index is 955. The summed E-state index contributed by atoms with van der Waals surface area (Å²) in [4.78, 5) is 10.7. The lowest BCUT2D eigenvalue weighted by molar-refractivity contribution is 0.629. The molecule has 0 atom stereocenters. The van der Waals surface area contributed by atoms with Crippen molar-refractivity contribution < 1.29 is 4.39 Å². The average molecular weight is 300 g/mol. The minimum Gasteiger partial charge on any atom is -0.360 e. The van der Waals surface area contributed by atoms with Gasteiger partial charge in [0.1, 0.15) is 11.6 Å². The van der Waals surface area contributed by atoms with Gasteiger partial charge < -0.3 is 9.97 Å². The zero-order valence-corrected chi connectivity index (χ0v) is 11.7. The lowest BCUT2D eigenvalue weighted by Gasteiger charge is -2.00. The predicted octanol–water partition coefficient (Wildman–Crippen LogP) is 4.59. The quantitative estimate of drug-likeness (QED) is 0.522. The SMILES string of the molecule is Fc1ccc2c(-c3ccc4[nH]c(CCl)nc4c3)c[nH]c2c1. The molecule has 0 unspecified atom stereocenters. The molecule has 0 spiro atoms. The monoisotopic (exact) mass is 299 g/mol. The lowest BCUT2D eigenvalue weighted by Crippen LogP contribution is -1.78. The molecule has 4 aromatic rings. The van der Waals surface area contributed by atoms with Gasteiger partial charge in [0.2, 0.25) is 0 Å². The molecule has 0 aliphatic heterocycles. The Morgan fingerprint density at radius 3 is 2.86 bits per heavy atom. The van der Waals surface area contributed by atoms with Crippen LogP contribution in [0.25, 0.3) is 33.1 Å². The summed E-state index contributed by atoms with van der Waals surface area (Å²) < 4.78 is 13.3. The Hall–Kier alpha value is -2.33. The van der Waals surface area contributed by atoms with Gasteiger partial charge >= 0.3 is 0 Å². The van der Waals surface area contributed by atoms with Crippen molar-refractivity contribution in [3.8, 4) is 11.1 Å². The molecule has 2 aromatic heterocycles. The number of nitrogens with zero attached hydrogens (tertiary/aromatic N) is 1. The summed E-state index contributed by atoms with van der Waals surface area (Å²) in [6, 6.07) is 10.8. The molecule has 0 radical (unpaired) electrons. The zero-order chi connectivity index (χ0) is 14.4. The molecule has 0 aliphatic carbocycles. The summed E-state index contributed by atoms with van der Waals surface area (Å²) in [5.41, 5.74) is 4.68. The van der Waals surface area contributed by atoms with Crippen molar-refractivity contribution in [2.75, 3.05) is 0 Å². The zero-order valence-electron chi connectivity index (χ0n) is 11.0. The second kappa shape index (κ2) is 4.60. The van der Waals surface area contributed by atoms with Gasteiger partial charge in [0, 0.05) is 22.7 Å². The number of benzene rings is 2. The second-order valence-corrected chi connectivity index (χ2v) is 5.21. The molecule has 0 aliphatic rings. The van der Waals surface area contributed by atoms with Gasteiger partial charge in [0.15, 0.2) is 0 Å². The van der Waals surface area contributed by atoms with Crippen LogP contribution in [0, 0.1) is 5.82 Å². The Labute approximate surface area is 124 Å². The smallest absolute Gasteiger partial charge is 0.125 e. The van der Waals surface area contributed by atoms with E-state index < -0.39 is 0 Å². The summed E-state index contributed by atoms with van der Waals surface area (Å²) in [5.74, 6) is 0.867. The third-order valence-electron chi connectivity index (χ3n) is 3.61. The van der Waals surface area contributed by atoms with Gasteiger partial charge in [-0.05, 0) is 35.9 Å². The number of nitrogens with one attached hydrogen (secondary N) is 2. The average Bonchev–Trinajstić information content (AvgIpc) is 3.08. The van der Waals surface area contributed by atoms with E-state index in [9.17, 15) is 4.39 Å². The Morgan fingerprint density at radius 1 is 1.10 bits per heavy atom. The number of H-pyrrole nitrogens is 2. The van der Waals surface area contributed by atoms with Crippen molar-refractivity contribution in [3.63, 3.8) is 0 Å². The van der Waals surface area contributed by atoms with Crippen LogP contribution >= 0.6 is 11.6 Å². The molecule has 21 heavy (non-hydrogen) atoms. The molecule has 0 fully saturated rings. The number of hydrogen-bond donors (Lipinski definition) is 2. The Kier molecular flexibility index (Phi) is 2.72. The maximum atomic E-state index is 13.3. The van der Waals surface area contributed by atoms with Crippen LogP contribution < -0.4 is 0 Å². The van der Waals surface area contributed by atoms with Crippen molar-refractivity contribution in [2.24, 2.45) is 0 Å². The number of fused-ring (bicyclic) bond motifs is 2. The highest BCUT2D eigenvalue weighted by Gasteiger charge is 2.09. The predicted molar refractivity (Wildman–Crippen MR) is 82.9 cm³/mol. The van der Waals surface area contributed by atoms with Gasteiger partial charge in [-0.2, -0.15) is 0 Å². The fourth-order valence-corrected chi connectivity index (χ4v) is 2.75. The standard InChI is InChI=1S/C16H11ClFN3/c17-7-16-20-13-4-1-9(5-15(13)21-16)12-8-19-14-6-10(18)2-3-11(12)14/h1-6,8,19H,7H2,(H,20,21). The molecule has 0 amide bonds. The van der Waals surface area contributed by atoms with Gasteiger partial charge in [-0.1, -0.05) is 6.07 Å². The molecular weight excluding hydrogens is 289 g/mol. The maximum absolute atomic E-state index is 13.3. The minimum absolute atomic E-state index is 0.245. The molecule has 2 N–H and O–H groups in total. The van der Waals surface area contributed by atoms with E-state index in [4.69, 9.17) is 11.6 Å². The van der Waals surface area contributed by atoms with E-state index in [1.807, 2.05) is 24.4 Å². The van der Waals surface area contributed by atoms with Crippen LogP contribution in [-0.2, 0) is 5.88 Å². The molecule has 4 rings (SSSR count). The van der Waals surface area contributed by atoms with Crippen LogP contribution in [0.1, 0.15) is 5.82 Å². The molecule has 3 nitrogen and oxygen atoms in total. The van der Waals surface area contributed by atoms with Crippen molar-refractivity contribution in [1.82, 2.24) is 15.0 Å². The maximum Gasteiger partial charge on any atom is 0.125 e. The van der Waals surface area contributed by atoms with Crippen LogP contribution in [0.5, 0.6) is 0 Å². The minimum atomic E-state index is -0.245. The molecule has 0 saturated carbocycles. The van der Waals surface area contributed by atoms with Gasteiger partial charge in [0.25, 0.3) is 0 Å². The molecule has 0 saturated heterocycles. The van der Waals surface area contributed by atoms with E-state index in [0.717, 1.165) is 38.9 Å². The summed E-state index contributed by atoms with van der Waals surface area (Å²) in [5, 5.41) is 0.990. The molecule has 5 heteroatoms. The highest BCUT2D eigenvalue weighted by atomic mass is 35.5. The topological polar surface area (TPSA) is 44.5 Å². The molecule has 2 heterocycles. The van der Waals surface area contributed by atoms with E-state index in [0.29, 0.717) is 5.88 Å². The lowest BCUT2D eigenvalue weighted by atomic mass is 10.0. The van der Waals surface area contributed by atoms with Gasteiger partial charge in [0.05, 0.1) is 16.9 Å². The third-order valence-corrected chi connectivity index (χ3v) is 3.87. The van der Waals surface area contributed by atoms with Crippen molar-refractivity contribution in [1.29, 1.82) is 0 Å². The van der Waals surface area contributed by atoms with Crippen molar-refractivity contribution in [3.05, 3.63) is 54.2 Å². The molecule has 0 bridgehead atoms.